The Balaban J connectivity index is 2.78. The number of likely N-dealkylation sites (N-methyl/N-ethyl adjacent to an activating group) is 1. The summed E-state index contributed by atoms with van der Waals surface area (Å²) in [5.41, 5.74) is 7.84. The van der Waals surface area contributed by atoms with Gasteiger partial charge < -0.3 is 16.0 Å². The van der Waals surface area contributed by atoms with Gasteiger partial charge in [-0.2, -0.15) is 5.10 Å². The second-order valence-electron chi connectivity index (χ2n) is 5.12. The summed E-state index contributed by atoms with van der Waals surface area (Å²) in [5.74, 6) is 1.27. The van der Waals surface area contributed by atoms with E-state index in [9.17, 15) is 0 Å². The first-order valence-corrected chi connectivity index (χ1v) is 6.07. The van der Waals surface area contributed by atoms with E-state index in [2.05, 4.69) is 50.2 Å². The molecule has 0 saturated carbocycles. The lowest BCUT2D eigenvalue weighted by atomic mass is 10.1. The number of anilines is 2. The minimum absolute atomic E-state index is 0.350. The van der Waals surface area contributed by atoms with E-state index >= 15 is 0 Å². The topological polar surface area (TPSA) is 59.1 Å². The quantitative estimate of drug-likeness (QED) is 0.817. The van der Waals surface area contributed by atoms with E-state index in [1.54, 1.807) is 0 Å². The molecule has 0 radical (unpaired) electrons. The van der Waals surface area contributed by atoms with Crippen molar-refractivity contribution < 1.29 is 0 Å². The summed E-state index contributed by atoms with van der Waals surface area (Å²) in [6.07, 6.45) is 0. The van der Waals surface area contributed by atoms with Gasteiger partial charge in [0.15, 0.2) is 0 Å². The van der Waals surface area contributed by atoms with Crippen LogP contribution in [0.25, 0.3) is 0 Å². The fourth-order valence-corrected chi connectivity index (χ4v) is 1.62. The van der Waals surface area contributed by atoms with E-state index in [-0.39, 0.29) is 0 Å². The van der Waals surface area contributed by atoms with Gasteiger partial charge in [0.2, 0.25) is 0 Å². The highest BCUT2D eigenvalue weighted by molar-refractivity contribution is 5.65. The third kappa shape index (κ3) is 3.12. The Morgan fingerprint density at radius 2 is 1.94 bits per heavy atom. The third-order valence-electron chi connectivity index (χ3n) is 3.11. The molecule has 98 valence electrons. The molecular formula is C12H25N5. The third-order valence-corrected chi connectivity index (χ3v) is 3.11. The predicted molar refractivity (Wildman–Crippen MR) is 73.3 cm³/mol. The van der Waals surface area contributed by atoms with Gasteiger partial charge in [0.1, 0.15) is 5.82 Å². The van der Waals surface area contributed by atoms with Crippen LogP contribution in [0.3, 0.4) is 0 Å². The lowest BCUT2D eigenvalue weighted by Crippen LogP contribution is -2.32. The van der Waals surface area contributed by atoms with Crippen molar-refractivity contribution in [2.45, 2.75) is 32.7 Å². The molecule has 5 nitrogen and oxygen atoms in total. The Bertz CT molecular complexity index is 367. The molecule has 1 aromatic heterocycles. The summed E-state index contributed by atoms with van der Waals surface area (Å²) < 4.78 is 1.83. The minimum atomic E-state index is 0.350. The first-order chi connectivity index (χ1) is 7.84. The number of aromatic nitrogens is 2. The van der Waals surface area contributed by atoms with Crippen LogP contribution in [0.4, 0.5) is 11.5 Å². The molecule has 3 N–H and O–H groups in total. The number of nitrogen functional groups attached to an aromatic ring is 1. The molecule has 0 aliphatic rings. The second-order valence-corrected chi connectivity index (χ2v) is 5.12. The Kier molecular flexibility index (Phi) is 4.40. The van der Waals surface area contributed by atoms with Gasteiger partial charge in [-0.3, -0.25) is 4.68 Å². The van der Waals surface area contributed by atoms with Crippen LogP contribution in [0.5, 0.6) is 0 Å². The highest BCUT2D eigenvalue weighted by Crippen LogP contribution is 2.27. The fourth-order valence-electron chi connectivity index (χ4n) is 1.62. The molecule has 17 heavy (non-hydrogen) atoms. The highest BCUT2D eigenvalue weighted by atomic mass is 15.3. The zero-order valence-electron chi connectivity index (χ0n) is 11.8. The summed E-state index contributed by atoms with van der Waals surface area (Å²) in [5, 5.41) is 7.82. The molecule has 1 heterocycles. The molecule has 5 heteroatoms. The molecule has 0 saturated heterocycles. The first kappa shape index (κ1) is 13.8. The molecule has 1 atom stereocenters. The number of nitrogens with two attached hydrogens (primary N) is 1. The molecule has 0 aromatic carbocycles. The van der Waals surface area contributed by atoms with Crippen LogP contribution >= 0.6 is 0 Å². The summed E-state index contributed by atoms with van der Waals surface area (Å²) in [4.78, 5) is 2.17. The van der Waals surface area contributed by atoms with E-state index < -0.39 is 0 Å². The van der Waals surface area contributed by atoms with Crippen molar-refractivity contribution in [3.63, 3.8) is 0 Å². The summed E-state index contributed by atoms with van der Waals surface area (Å²) >= 11 is 0. The Morgan fingerprint density at radius 3 is 2.35 bits per heavy atom. The molecule has 1 unspecified atom stereocenters. The SMILES string of the molecule is CC(C)c1nn(C)c(NCC(C)N(C)C)c1N. The van der Waals surface area contributed by atoms with Crippen molar-refractivity contribution in [3.05, 3.63) is 5.69 Å². The van der Waals surface area contributed by atoms with Crippen LogP contribution in [-0.2, 0) is 7.05 Å². The van der Waals surface area contributed by atoms with E-state index in [4.69, 9.17) is 5.73 Å². The van der Waals surface area contributed by atoms with Gasteiger partial charge in [0.05, 0.1) is 11.4 Å². The number of rotatable bonds is 5. The van der Waals surface area contributed by atoms with Gasteiger partial charge in [0, 0.05) is 19.6 Å². The Hall–Kier alpha value is -1.23. The van der Waals surface area contributed by atoms with E-state index in [1.165, 1.54) is 0 Å². The largest absolute Gasteiger partial charge is 0.394 e. The van der Waals surface area contributed by atoms with Crippen LogP contribution in [0.2, 0.25) is 0 Å². The summed E-state index contributed by atoms with van der Waals surface area (Å²) in [7, 11) is 6.06. The van der Waals surface area contributed by atoms with Crippen LogP contribution in [-0.4, -0.2) is 41.4 Å². The zero-order chi connectivity index (χ0) is 13.2. The van der Waals surface area contributed by atoms with E-state index in [0.717, 1.165) is 23.7 Å². The molecule has 0 aliphatic carbocycles. The number of hydrogen-bond donors (Lipinski definition) is 2. The zero-order valence-corrected chi connectivity index (χ0v) is 11.8. The van der Waals surface area contributed by atoms with Gasteiger partial charge in [0.25, 0.3) is 0 Å². The standard InChI is InChI=1S/C12H25N5/c1-8(2)11-10(13)12(17(6)15-11)14-7-9(3)16(4)5/h8-9,14H,7,13H2,1-6H3. The Labute approximate surface area is 104 Å². The molecule has 0 fully saturated rings. The average molecular weight is 239 g/mol. The maximum atomic E-state index is 6.11. The molecule has 0 aliphatic heterocycles. The molecule has 0 bridgehead atoms. The van der Waals surface area contributed by atoms with Crippen molar-refractivity contribution >= 4 is 11.5 Å². The Morgan fingerprint density at radius 1 is 1.35 bits per heavy atom. The van der Waals surface area contributed by atoms with Crippen LogP contribution in [0.15, 0.2) is 0 Å². The van der Waals surface area contributed by atoms with Gasteiger partial charge in [-0.25, -0.2) is 0 Å². The second kappa shape index (κ2) is 5.40. The number of aryl methyl sites for hydroxylation is 1. The minimum Gasteiger partial charge on any atom is -0.394 e. The van der Waals surface area contributed by atoms with Crippen LogP contribution < -0.4 is 11.1 Å². The predicted octanol–water partition coefficient (Wildman–Crippen LogP) is 1.49. The maximum absolute atomic E-state index is 6.11. The highest BCUT2D eigenvalue weighted by Gasteiger charge is 2.16. The van der Waals surface area contributed by atoms with Crippen LogP contribution in [0.1, 0.15) is 32.4 Å². The van der Waals surface area contributed by atoms with Crippen molar-refractivity contribution in [1.29, 1.82) is 0 Å². The van der Waals surface area contributed by atoms with Gasteiger partial charge in [-0.05, 0) is 26.9 Å². The maximum Gasteiger partial charge on any atom is 0.147 e. The number of nitrogens with one attached hydrogen (secondary N) is 1. The van der Waals surface area contributed by atoms with Crippen LogP contribution in [0, 0.1) is 0 Å². The van der Waals surface area contributed by atoms with Gasteiger partial charge in [-0.15, -0.1) is 0 Å². The lowest BCUT2D eigenvalue weighted by Gasteiger charge is -2.20. The van der Waals surface area contributed by atoms with E-state index in [1.807, 2.05) is 11.7 Å². The fraction of sp³-hybridized carbons (Fsp3) is 0.750. The average Bonchev–Trinajstić information content (AvgIpc) is 2.51. The normalized spacial score (nSPS) is 13.4. The van der Waals surface area contributed by atoms with Crippen molar-refractivity contribution in [2.24, 2.45) is 7.05 Å². The van der Waals surface area contributed by atoms with Gasteiger partial charge in [-0.1, -0.05) is 13.8 Å². The molecule has 0 amide bonds. The summed E-state index contributed by atoms with van der Waals surface area (Å²) in [6.45, 7) is 7.23. The number of nitrogens with zero attached hydrogens (tertiary/aromatic N) is 3. The number of hydrogen-bond acceptors (Lipinski definition) is 4. The van der Waals surface area contributed by atoms with Crippen molar-refractivity contribution in [2.75, 3.05) is 31.7 Å². The van der Waals surface area contributed by atoms with E-state index in [0.29, 0.717) is 12.0 Å². The van der Waals surface area contributed by atoms with Crippen molar-refractivity contribution in [1.82, 2.24) is 14.7 Å². The molecular weight excluding hydrogens is 214 g/mol. The molecule has 1 rings (SSSR count). The smallest absolute Gasteiger partial charge is 0.147 e. The molecule has 0 spiro atoms. The van der Waals surface area contributed by atoms with Gasteiger partial charge >= 0.3 is 0 Å². The van der Waals surface area contributed by atoms with Crippen molar-refractivity contribution in [3.8, 4) is 0 Å². The summed E-state index contributed by atoms with van der Waals surface area (Å²) in [6, 6.07) is 0.451. The first-order valence-electron chi connectivity index (χ1n) is 6.07. The lowest BCUT2D eigenvalue weighted by molar-refractivity contribution is 0.325. The molecule has 1 aromatic rings. The monoisotopic (exact) mass is 239 g/mol.